The fourth-order valence-electron chi connectivity index (χ4n) is 0.543. The van der Waals surface area contributed by atoms with E-state index >= 15 is 0 Å². The highest BCUT2D eigenvalue weighted by atomic mass is 19.4. The average molecular weight is 192 g/mol. The summed E-state index contributed by atoms with van der Waals surface area (Å²) in [6, 6.07) is 0. The van der Waals surface area contributed by atoms with E-state index < -0.39 is 12.1 Å². The summed E-state index contributed by atoms with van der Waals surface area (Å²) < 4.78 is 38.4. The first kappa shape index (κ1) is 11.8. The molecule has 0 bridgehead atoms. The van der Waals surface area contributed by atoms with E-state index in [1.165, 1.54) is 6.08 Å². The van der Waals surface area contributed by atoms with E-state index in [0.717, 1.165) is 0 Å². The molecule has 0 aliphatic carbocycles. The van der Waals surface area contributed by atoms with Crippen LogP contribution in [0, 0.1) is 0 Å². The van der Waals surface area contributed by atoms with Gasteiger partial charge in [-0.25, -0.2) is 0 Å². The van der Waals surface area contributed by atoms with Gasteiger partial charge in [0.05, 0.1) is 0 Å². The first-order chi connectivity index (χ1) is 5.72. The third-order valence-corrected chi connectivity index (χ3v) is 1.30. The summed E-state index contributed by atoms with van der Waals surface area (Å²) in [5.41, 5.74) is 1.28. The highest BCUT2D eigenvalue weighted by Gasteiger charge is 2.30. The van der Waals surface area contributed by atoms with Crippen molar-refractivity contribution in [3.05, 3.63) is 36.1 Å². The number of allylic oxidation sites excluding steroid dienone is 3. The van der Waals surface area contributed by atoms with Gasteiger partial charge in [0, 0.05) is 0 Å². The second-order valence-corrected chi connectivity index (χ2v) is 2.62. The minimum Gasteiger partial charge on any atom is -0.406 e. The average Bonchev–Trinajstić information content (AvgIpc) is 1.81. The fourth-order valence-corrected chi connectivity index (χ4v) is 0.543. The normalized spacial score (nSPS) is 12.5. The largest absolute Gasteiger partial charge is 0.573 e. The van der Waals surface area contributed by atoms with E-state index in [1.807, 2.05) is 0 Å². The predicted molar refractivity (Wildman–Crippen MR) is 44.9 cm³/mol. The Morgan fingerprint density at radius 3 is 2.00 bits per heavy atom. The van der Waals surface area contributed by atoms with Crippen molar-refractivity contribution in [1.29, 1.82) is 0 Å². The number of ether oxygens (including phenoxy) is 1. The molecule has 0 rings (SSSR count). The van der Waals surface area contributed by atoms with Gasteiger partial charge in [0.2, 0.25) is 0 Å². The minimum atomic E-state index is -4.68. The van der Waals surface area contributed by atoms with Crippen molar-refractivity contribution < 1.29 is 17.9 Å². The second kappa shape index (κ2) is 4.16. The lowest BCUT2D eigenvalue weighted by molar-refractivity contribution is -0.303. The Morgan fingerprint density at radius 1 is 1.23 bits per heavy atom. The number of alkyl halides is 3. The van der Waals surface area contributed by atoms with E-state index in [4.69, 9.17) is 0 Å². The van der Waals surface area contributed by atoms with Gasteiger partial charge in [-0.05, 0) is 25.5 Å². The maximum absolute atomic E-state index is 11.6. The van der Waals surface area contributed by atoms with E-state index in [2.05, 4.69) is 17.9 Å². The molecule has 0 atom stereocenters. The molecule has 0 saturated heterocycles. The number of rotatable bonds is 3. The molecule has 0 aromatic rings. The molecule has 0 aromatic heterocycles. The van der Waals surface area contributed by atoms with Crippen molar-refractivity contribution >= 4 is 0 Å². The van der Waals surface area contributed by atoms with E-state index in [0.29, 0.717) is 11.1 Å². The summed E-state index contributed by atoms with van der Waals surface area (Å²) in [6.45, 7) is 9.98. The van der Waals surface area contributed by atoms with Crippen LogP contribution in [0.4, 0.5) is 13.2 Å². The van der Waals surface area contributed by atoms with Crippen LogP contribution in [0.2, 0.25) is 0 Å². The van der Waals surface area contributed by atoms with Gasteiger partial charge in [-0.1, -0.05) is 18.7 Å². The lowest BCUT2D eigenvalue weighted by Crippen LogP contribution is -2.11. The maximum atomic E-state index is 11.6. The zero-order valence-electron chi connectivity index (χ0n) is 7.53. The van der Waals surface area contributed by atoms with Crippen LogP contribution in [0.25, 0.3) is 0 Å². The van der Waals surface area contributed by atoms with Crippen LogP contribution < -0.4 is 0 Å². The van der Waals surface area contributed by atoms with Crippen LogP contribution in [0.1, 0.15) is 13.8 Å². The second-order valence-electron chi connectivity index (χ2n) is 2.62. The van der Waals surface area contributed by atoms with E-state index in [9.17, 15) is 13.2 Å². The topological polar surface area (TPSA) is 9.23 Å². The molecule has 0 N–H and O–H groups in total. The van der Waals surface area contributed by atoms with Crippen molar-refractivity contribution in [2.75, 3.05) is 0 Å². The standard InChI is InChI=1S/C9H11F3O/c1-6(2)7(3)5-8(4)13-9(10,11)12/h5H,1,4H2,2-3H3/b7-5-. The van der Waals surface area contributed by atoms with E-state index in [1.54, 1.807) is 13.8 Å². The van der Waals surface area contributed by atoms with Gasteiger partial charge >= 0.3 is 6.36 Å². The quantitative estimate of drug-likeness (QED) is 0.490. The Bertz CT molecular complexity index is 248. The first-order valence-electron chi connectivity index (χ1n) is 3.51. The molecular weight excluding hydrogens is 181 g/mol. The molecular formula is C9H11F3O. The van der Waals surface area contributed by atoms with Crippen LogP contribution in [-0.4, -0.2) is 6.36 Å². The molecule has 74 valence electrons. The molecule has 0 spiro atoms. The molecule has 1 nitrogen and oxygen atoms in total. The van der Waals surface area contributed by atoms with Crippen molar-refractivity contribution in [2.24, 2.45) is 0 Å². The summed E-state index contributed by atoms with van der Waals surface area (Å²) in [5, 5.41) is 0. The lowest BCUT2D eigenvalue weighted by atomic mass is 10.1. The minimum absolute atomic E-state index is 0.437. The summed E-state index contributed by atoms with van der Waals surface area (Å²) in [6.07, 6.45) is -3.49. The van der Waals surface area contributed by atoms with Crippen LogP contribution in [0.15, 0.2) is 36.1 Å². The van der Waals surface area contributed by atoms with Crippen molar-refractivity contribution in [1.82, 2.24) is 0 Å². The molecule has 0 aliphatic heterocycles. The van der Waals surface area contributed by atoms with E-state index in [-0.39, 0.29) is 0 Å². The van der Waals surface area contributed by atoms with Gasteiger partial charge in [0.25, 0.3) is 0 Å². The molecule has 0 amide bonds. The predicted octanol–water partition coefficient (Wildman–Crippen LogP) is 3.56. The molecule has 0 saturated carbocycles. The van der Waals surface area contributed by atoms with Crippen LogP contribution in [0.3, 0.4) is 0 Å². The van der Waals surface area contributed by atoms with Gasteiger partial charge in [-0.3, -0.25) is 0 Å². The molecule has 0 unspecified atom stereocenters. The fraction of sp³-hybridized carbons (Fsp3) is 0.333. The highest BCUT2D eigenvalue weighted by Crippen LogP contribution is 2.21. The van der Waals surface area contributed by atoms with Gasteiger partial charge in [0.1, 0.15) is 5.76 Å². The van der Waals surface area contributed by atoms with Crippen molar-refractivity contribution in [3.8, 4) is 0 Å². The SMILES string of the molecule is C=C(/C=C(/C)C(=C)C)OC(F)(F)F. The summed E-state index contributed by atoms with van der Waals surface area (Å²) in [4.78, 5) is 0. The van der Waals surface area contributed by atoms with Gasteiger partial charge in [-0.15, -0.1) is 13.2 Å². The number of hydrogen-bond donors (Lipinski definition) is 0. The Labute approximate surface area is 75.2 Å². The van der Waals surface area contributed by atoms with Gasteiger partial charge in [-0.2, -0.15) is 0 Å². The Morgan fingerprint density at radius 2 is 1.69 bits per heavy atom. The zero-order chi connectivity index (χ0) is 10.6. The molecule has 4 heteroatoms. The molecule has 0 fully saturated rings. The van der Waals surface area contributed by atoms with Crippen LogP contribution in [0.5, 0.6) is 0 Å². The molecule has 0 heterocycles. The summed E-state index contributed by atoms with van der Waals surface area (Å²) in [5.74, 6) is -0.437. The van der Waals surface area contributed by atoms with Crippen molar-refractivity contribution in [2.45, 2.75) is 20.2 Å². The smallest absolute Gasteiger partial charge is 0.406 e. The molecule has 0 aromatic carbocycles. The lowest BCUT2D eigenvalue weighted by Gasteiger charge is -2.09. The molecule has 0 radical (unpaired) electrons. The number of hydrogen-bond acceptors (Lipinski definition) is 1. The summed E-state index contributed by atoms with van der Waals surface area (Å²) >= 11 is 0. The monoisotopic (exact) mass is 192 g/mol. The zero-order valence-corrected chi connectivity index (χ0v) is 7.53. The van der Waals surface area contributed by atoms with Gasteiger partial charge < -0.3 is 4.74 Å². The third-order valence-electron chi connectivity index (χ3n) is 1.30. The Balaban J connectivity index is 4.32. The van der Waals surface area contributed by atoms with Crippen molar-refractivity contribution in [3.63, 3.8) is 0 Å². The Hall–Kier alpha value is -1.19. The maximum Gasteiger partial charge on any atom is 0.573 e. The molecule has 0 aliphatic rings. The Kier molecular flexibility index (Phi) is 3.78. The molecule has 13 heavy (non-hydrogen) atoms. The first-order valence-corrected chi connectivity index (χ1v) is 3.51. The van der Waals surface area contributed by atoms with Crippen LogP contribution >= 0.6 is 0 Å². The highest BCUT2D eigenvalue weighted by molar-refractivity contribution is 5.29. The number of halogens is 3. The third kappa shape index (κ3) is 6.02. The van der Waals surface area contributed by atoms with Gasteiger partial charge in [0.15, 0.2) is 0 Å². The summed E-state index contributed by atoms with van der Waals surface area (Å²) in [7, 11) is 0. The van der Waals surface area contributed by atoms with Crippen LogP contribution in [-0.2, 0) is 4.74 Å².